The normalized spacial score (nSPS) is 10.8. The number of nitrogen functional groups attached to an aromatic ring is 1. The van der Waals surface area contributed by atoms with Gasteiger partial charge in [0, 0.05) is 5.69 Å². The fraction of sp³-hybridized carbons (Fsp3) is 0.471. The van der Waals surface area contributed by atoms with Crippen LogP contribution in [0.5, 0.6) is 0 Å². The Hall–Kier alpha value is -1.77. The van der Waals surface area contributed by atoms with Gasteiger partial charge in [-0.3, -0.25) is 4.79 Å². The van der Waals surface area contributed by atoms with Crippen molar-refractivity contribution in [2.24, 2.45) is 5.92 Å². The van der Waals surface area contributed by atoms with Gasteiger partial charge in [0.2, 0.25) is 0 Å². The fourth-order valence-corrected chi connectivity index (χ4v) is 1.57. The highest BCUT2D eigenvalue weighted by molar-refractivity contribution is 5.36. The molecule has 0 radical (unpaired) electrons. The van der Waals surface area contributed by atoms with Crippen LogP contribution in [0.4, 0.5) is 5.69 Å². The Morgan fingerprint density at radius 1 is 1.25 bits per heavy atom. The molecule has 20 heavy (non-hydrogen) atoms. The average Bonchev–Trinajstić information content (AvgIpc) is 2.40. The summed E-state index contributed by atoms with van der Waals surface area (Å²) in [7, 11) is 0. The minimum atomic E-state index is 0.517. The lowest BCUT2D eigenvalue weighted by Crippen LogP contribution is -2.00. The Morgan fingerprint density at radius 3 is 2.35 bits per heavy atom. The van der Waals surface area contributed by atoms with Crippen LogP contribution in [0.3, 0.4) is 0 Å². The number of ether oxygens (including phenoxy) is 1. The number of rotatable bonds is 7. The Balaban J connectivity index is 0.000000428. The highest BCUT2D eigenvalue weighted by Gasteiger charge is 2.00. The first-order valence-electron chi connectivity index (χ1n) is 7.05. The number of anilines is 1. The summed E-state index contributed by atoms with van der Waals surface area (Å²) < 4.78 is 4.64. The van der Waals surface area contributed by atoms with Gasteiger partial charge in [-0.2, -0.15) is 0 Å². The smallest absolute Gasteiger partial charge is 0.293 e. The highest BCUT2D eigenvalue weighted by Crippen LogP contribution is 2.11. The van der Waals surface area contributed by atoms with E-state index >= 15 is 0 Å². The predicted molar refractivity (Wildman–Crippen MR) is 85.3 cm³/mol. The van der Waals surface area contributed by atoms with Crippen LogP contribution >= 0.6 is 0 Å². The van der Waals surface area contributed by atoms with Crippen LogP contribution < -0.4 is 5.73 Å². The molecule has 0 aliphatic heterocycles. The van der Waals surface area contributed by atoms with Crippen molar-refractivity contribution >= 4 is 12.2 Å². The standard InChI is InChI=1S/C11H20O2.C6H7N/c1-10(2)5-4-6-11(3)7-8-13-9-12;7-6-4-2-1-3-5-6/h5,9,11H,4,6-8H2,1-3H3;1-5H,7H2. The van der Waals surface area contributed by atoms with E-state index in [1.54, 1.807) is 0 Å². The molecular weight excluding hydrogens is 250 g/mol. The molecule has 1 unspecified atom stereocenters. The zero-order valence-corrected chi connectivity index (χ0v) is 12.8. The zero-order valence-electron chi connectivity index (χ0n) is 12.8. The lowest BCUT2D eigenvalue weighted by atomic mass is 10.0. The maximum absolute atomic E-state index is 9.86. The summed E-state index contributed by atoms with van der Waals surface area (Å²) in [5.74, 6) is 0.635. The highest BCUT2D eigenvalue weighted by atomic mass is 16.5. The monoisotopic (exact) mass is 277 g/mol. The number of benzene rings is 1. The van der Waals surface area contributed by atoms with E-state index in [2.05, 4.69) is 31.6 Å². The van der Waals surface area contributed by atoms with Gasteiger partial charge in [-0.25, -0.2) is 0 Å². The number of para-hydroxylation sites is 1. The van der Waals surface area contributed by atoms with E-state index in [0.717, 1.165) is 18.5 Å². The van der Waals surface area contributed by atoms with Gasteiger partial charge in [-0.15, -0.1) is 0 Å². The summed E-state index contributed by atoms with van der Waals surface area (Å²) in [4.78, 5) is 9.86. The molecule has 0 spiro atoms. The van der Waals surface area contributed by atoms with Gasteiger partial charge in [0.05, 0.1) is 6.61 Å². The number of nitrogens with two attached hydrogens (primary N) is 1. The predicted octanol–water partition coefficient (Wildman–Crippen LogP) is 4.20. The second-order valence-corrected chi connectivity index (χ2v) is 5.13. The Kier molecular flexibility index (Phi) is 11.2. The summed E-state index contributed by atoms with van der Waals surface area (Å²) in [5.41, 5.74) is 7.55. The van der Waals surface area contributed by atoms with Crippen molar-refractivity contribution in [1.29, 1.82) is 0 Å². The molecule has 0 aliphatic carbocycles. The van der Waals surface area contributed by atoms with Crippen LogP contribution in [0, 0.1) is 5.92 Å². The lowest BCUT2D eigenvalue weighted by molar-refractivity contribution is -0.129. The summed E-state index contributed by atoms with van der Waals surface area (Å²) in [6.07, 6.45) is 5.52. The van der Waals surface area contributed by atoms with Gasteiger partial charge in [0.1, 0.15) is 0 Å². The van der Waals surface area contributed by atoms with Crippen LogP contribution in [0.15, 0.2) is 42.0 Å². The molecule has 0 heterocycles. The second-order valence-electron chi connectivity index (χ2n) is 5.13. The first-order chi connectivity index (χ1) is 9.56. The second kappa shape index (κ2) is 12.3. The molecule has 3 nitrogen and oxygen atoms in total. The minimum Gasteiger partial charge on any atom is -0.468 e. The summed E-state index contributed by atoms with van der Waals surface area (Å²) in [6.45, 7) is 7.48. The molecule has 1 aromatic rings. The molecule has 0 saturated heterocycles. The summed E-state index contributed by atoms with van der Waals surface area (Å²) in [5, 5.41) is 0. The third-order valence-electron chi connectivity index (χ3n) is 2.81. The number of carbonyl (C=O) groups excluding carboxylic acids is 1. The van der Waals surface area contributed by atoms with Gasteiger partial charge >= 0.3 is 0 Å². The van der Waals surface area contributed by atoms with Crippen molar-refractivity contribution in [1.82, 2.24) is 0 Å². The zero-order chi connectivity index (χ0) is 15.2. The van der Waals surface area contributed by atoms with E-state index in [1.165, 1.54) is 12.0 Å². The van der Waals surface area contributed by atoms with Gasteiger partial charge in [-0.1, -0.05) is 36.8 Å². The average molecular weight is 277 g/mol. The quantitative estimate of drug-likeness (QED) is 0.352. The molecule has 1 atom stereocenters. The van der Waals surface area contributed by atoms with E-state index in [9.17, 15) is 4.79 Å². The Bertz CT molecular complexity index is 370. The molecule has 112 valence electrons. The molecule has 0 saturated carbocycles. The van der Waals surface area contributed by atoms with Crippen LogP contribution in [0.1, 0.15) is 40.0 Å². The number of hydrogen-bond donors (Lipinski definition) is 1. The maximum atomic E-state index is 9.86. The first-order valence-corrected chi connectivity index (χ1v) is 7.05. The van der Waals surface area contributed by atoms with Gasteiger partial charge in [0.25, 0.3) is 6.47 Å². The largest absolute Gasteiger partial charge is 0.468 e. The van der Waals surface area contributed by atoms with Crippen molar-refractivity contribution < 1.29 is 9.53 Å². The van der Waals surface area contributed by atoms with E-state index in [-0.39, 0.29) is 0 Å². The third-order valence-corrected chi connectivity index (χ3v) is 2.81. The molecule has 1 rings (SSSR count). The van der Waals surface area contributed by atoms with E-state index in [0.29, 0.717) is 19.0 Å². The molecule has 0 bridgehead atoms. The number of allylic oxidation sites excluding steroid dienone is 2. The fourth-order valence-electron chi connectivity index (χ4n) is 1.57. The van der Waals surface area contributed by atoms with Crippen molar-refractivity contribution in [2.45, 2.75) is 40.0 Å². The maximum Gasteiger partial charge on any atom is 0.293 e. The Labute approximate surface area is 122 Å². The first kappa shape index (κ1) is 18.2. The molecular formula is C17H27NO2. The molecule has 1 aromatic carbocycles. The summed E-state index contributed by atoms with van der Waals surface area (Å²) in [6, 6.07) is 9.49. The van der Waals surface area contributed by atoms with Gasteiger partial charge < -0.3 is 10.5 Å². The van der Waals surface area contributed by atoms with E-state index < -0.39 is 0 Å². The molecule has 0 aromatic heterocycles. The number of carbonyl (C=O) groups is 1. The topological polar surface area (TPSA) is 52.3 Å². The van der Waals surface area contributed by atoms with Crippen molar-refractivity contribution in [3.05, 3.63) is 42.0 Å². The van der Waals surface area contributed by atoms with Crippen LogP contribution in [-0.2, 0) is 9.53 Å². The van der Waals surface area contributed by atoms with Gasteiger partial charge in [-0.05, 0) is 51.2 Å². The van der Waals surface area contributed by atoms with Crippen LogP contribution in [0.2, 0.25) is 0 Å². The lowest BCUT2D eigenvalue weighted by Gasteiger charge is -2.08. The molecule has 0 aliphatic rings. The van der Waals surface area contributed by atoms with Gasteiger partial charge in [0.15, 0.2) is 0 Å². The summed E-state index contributed by atoms with van der Waals surface area (Å²) >= 11 is 0. The SMILES string of the molecule is CC(C)=CCCC(C)CCOC=O.Nc1ccccc1. The molecule has 3 heteroatoms. The van der Waals surface area contributed by atoms with E-state index in [1.807, 2.05) is 30.3 Å². The molecule has 0 amide bonds. The van der Waals surface area contributed by atoms with Crippen molar-refractivity contribution in [2.75, 3.05) is 12.3 Å². The third kappa shape index (κ3) is 12.7. The molecule has 2 N–H and O–H groups in total. The van der Waals surface area contributed by atoms with Crippen LogP contribution in [0.25, 0.3) is 0 Å². The van der Waals surface area contributed by atoms with Crippen LogP contribution in [-0.4, -0.2) is 13.1 Å². The van der Waals surface area contributed by atoms with Crippen molar-refractivity contribution in [3.63, 3.8) is 0 Å². The minimum absolute atomic E-state index is 0.517. The van der Waals surface area contributed by atoms with E-state index in [4.69, 9.17) is 5.73 Å². The number of hydrogen-bond acceptors (Lipinski definition) is 3. The van der Waals surface area contributed by atoms with Crippen molar-refractivity contribution in [3.8, 4) is 0 Å². The molecule has 0 fully saturated rings. The Morgan fingerprint density at radius 2 is 1.90 bits per heavy atom.